The Morgan fingerprint density at radius 3 is 2.89 bits per heavy atom. The van der Waals surface area contributed by atoms with Crippen LogP contribution in [0.5, 0.6) is 0 Å². The molecule has 0 aromatic carbocycles. The second kappa shape index (κ2) is 1.74. The molecule has 9 heavy (non-hydrogen) atoms. The average molecular weight is 144 g/mol. The zero-order valence-corrected chi connectivity index (χ0v) is 5.56. The molecule has 0 amide bonds. The predicted molar refractivity (Wildman–Crippen MR) is 33.5 cm³/mol. The van der Waals surface area contributed by atoms with E-state index in [0.717, 1.165) is 5.69 Å². The molecule has 1 saturated carbocycles. The Hall–Kier alpha value is -0.500. The van der Waals surface area contributed by atoms with Crippen LogP contribution in [0.2, 0.25) is 5.35 Å². The van der Waals surface area contributed by atoms with Gasteiger partial charge in [-0.2, -0.15) is 0 Å². The third-order valence-corrected chi connectivity index (χ3v) is 1.66. The second-order valence-electron chi connectivity index (χ2n) is 2.30. The lowest BCUT2D eigenvalue weighted by atomic mass is 10.3. The molecule has 0 aliphatic heterocycles. The number of hydrogen-bond donors (Lipinski definition) is 0. The van der Waals surface area contributed by atoms with E-state index in [1.54, 1.807) is 6.26 Å². The number of halogens is 1. The van der Waals surface area contributed by atoms with Gasteiger partial charge in [0.15, 0.2) is 0 Å². The maximum atomic E-state index is 5.45. The molecule has 2 nitrogen and oxygen atoms in total. The molecule has 0 radical (unpaired) electrons. The molecule has 3 heteroatoms. The predicted octanol–water partition coefficient (Wildman–Crippen LogP) is 2.21. The van der Waals surface area contributed by atoms with Gasteiger partial charge >= 0.3 is 0 Å². The third-order valence-electron chi connectivity index (χ3n) is 1.49. The first-order valence-electron chi connectivity index (χ1n) is 2.97. The standard InChI is InChI=1S/C6H6ClNO/c7-6-8-5(3-9-6)4-1-2-4/h3-4H,1-2H2. The molecule has 1 aliphatic carbocycles. The highest BCUT2D eigenvalue weighted by Gasteiger charge is 2.26. The van der Waals surface area contributed by atoms with Crippen LogP contribution in [0.4, 0.5) is 0 Å². The van der Waals surface area contributed by atoms with Crippen LogP contribution in [-0.4, -0.2) is 4.98 Å². The van der Waals surface area contributed by atoms with Crippen LogP contribution in [0.25, 0.3) is 0 Å². The van der Waals surface area contributed by atoms with Crippen molar-refractivity contribution in [2.75, 3.05) is 0 Å². The van der Waals surface area contributed by atoms with Crippen molar-refractivity contribution in [3.8, 4) is 0 Å². The van der Waals surface area contributed by atoms with Crippen molar-refractivity contribution in [3.05, 3.63) is 17.3 Å². The SMILES string of the molecule is Clc1nc(C2CC2)co1. The summed E-state index contributed by atoms with van der Waals surface area (Å²) in [4.78, 5) is 3.97. The maximum absolute atomic E-state index is 5.45. The molecule has 0 bridgehead atoms. The van der Waals surface area contributed by atoms with Crippen LogP contribution in [0.15, 0.2) is 10.7 Å². The van der Waals surface area contributed by atoms with Crippen molar-refractivity contribution in [1.29, 1.82) is 0 Å². The van der Waals surface area contributed by atoms with E-state index in [1.165, 1.54) is 12.8 Å². The van der Waals surface area contributed by atoms with Gasteiger partial charge in [0.2, 0.25) is 0 Å². The summed E-state index contributed by atoms with van der Waals surface area (Å²) >= 11 is 5.45. The van der Waals surface area contributed by atoms with Crippen molar-refractivity contribution >= 4 is 11.6 Å². The summed E-state index contributed by atoms with van der Waals surface area (Å²) in [7, 11) is 0. The largest absolute Gasteiger partial charge is 0.436 e. The van der Waals surface area contributed by atoms with Gasteiger partial charge in [0.25, 0.3) is 5.35 Å². The topological polar surface area (TPSA) is 26.0 Å². The first-order chi connectivity index (χ1) is 4.36. The minimum absolute atomic E-state index is 0.261. The molecule has 1 aromatic heterocycles. The molecule has 1 fully saturated rings. The van der Waals surface area contributed by atoms with E-state index in [-0.39, 0.29) is 5.35 Å². The summed E-state index contributed by atoms with van der Waals surface area (Å²) in [6, 6.07) is 0. The Bertz CT molecular complexity index is 217. The Morgan fingerprint density at radius 1 is 1.67 bits per heavy atom. The van der Waals surface area contributed by atoms with Crippen molar-refractivity contribution in [3.63, 3.8) is 0 Å². The van der Waals surface area contributed by atoms with E-state index in [9.17, 15) is 0 Å². The van der Waals surface area contributed by atoms with Crippen LogP contribution >= 0.6 is 11.6 Å². The average Bonchev–Trinajstić information content (AvgIpc) is 2.58. The van der Waals surface area contributed by atoms with Crippen LogP contribution in [0.1, 0.15) is 24.5 Å². The Kier molecular flexibility index (Phi) is 1.02. The lowest BCUT2D eigenvalue weighted by molar-refractivity contribution is 0.558. The van der Waals surface area contributed by atoms with Crippen LogP contribution in [0.3, 0.4) is 0 Å². The zero-order valence-electron chi connectivity index (χ0n) is 4.80. The number of rotatable bonds is 1. The Balaban J connectivity index is 2.28. The molecule has 48 valence electrons. The summed E-state index contributed by atoms with van der Waals surface area (Å²) in [5, 5.41) is 0.261. The first kappa shape index (κ1) is 5.30. The monoisotopic (exact) mass is 143 g/mol. The van der Waals surface area contributed by atoms with Crippen molar-refractivity contribution in [2.24, 2.45) is 0 Å². The fourth-order valence-corrected chi connectivity index (χ4v) is 0.972. The molecule has 0 spiro atoms. The molecule has 2 rings (SSSR count). The van der Waals surface area contributed by atoms with Crippen molar-refractivity contribution in [2.45, 2.75) is 18.8 Å². The van der Waals surface area contributed by atoms with E-state index >= 15 is 0 Å². The van der Waals surface area contributed by atoms with Gasteiger partial charge < -0.3 is 4.42 Å². The van der Waals surface area contributed by atoms with E-state index < -0.39 is 0 Å². The fraction of sp³-hybridized carbons (Fsp3) is 0.500. The van der Waals surface area contributed by atoms with Crippen LogP contribution < -0.4 is 0 Å². The second-order valence-corrected chi connectivity index (χ2v) is 2.62. The van der Waals surface area contributed by atoms with E-state index in [2.05, 4.69) is 4.98 Å². The normalized spacial score (nSPS) is 18.3. The molecule has 1 aliphatic rings. The van der Waals surface area contributed by atoms with Crippen molar-refractivity contribution in [1.82, 2.24) is 4.98 Å². The van der Waals surface area contributed by atoms with Gasteiger partial charge in [-0.15, -0.1) is 0 Å². The van der Waals surface area contributed by atoms with Gasteiger partial charge in [-0.1, -0.05) is 0 Å². The highest BCUT2D eigenvalue weighted by molar-refractivity contribution is 6.27. The van der Waals surface area contributed by atoms with E-state index in [1.807, 2.05) is 0 Å². The number of nitrogens with zero attached hydrogens (tertiary/aromatic N) is 1. The summed E-state index contributed by atoms with van der Waals surface area (Å²) in [6.45, 7) is 0. The third kappa shape index (κ3) is 0.944. The van der Waals surface area contributed by atoms with Gasteiger partial charge in [0.1, 0.15) is 6.26 Å². The molecule has 0 unspecified atom stereocenters. The summed E-state index contributed by atoms with van der Waals surface area (Å²) in [6.07, 6.45) is 4.12. The van der Waals surface area contributed by atoms with Gasteiger partial charge in [0, 0.05) is 5.92 Å². The van der Waals surface area contributed by atoms with Gasteiger partial charge in [-0.05, 0) is 24.4 Å². The Morgan fingerprint density at radius 2 is 2.44 bits per heavy atom. The Labute approximate surface area is 57.8 Å². The summed E-state index contributed by atoms with van der Waals surface area (Å²) in [5.41, 5.74) is 1.01. The smallest absolute Gasteiger partial charge is 0.292 e. The summed E-state index contributed by atoms with van der Waals surface area (Å²) < 4.78 is 4.82. The number of aromatic nitrogens is 1. The van der Waals surface area contributed by atoms with E-state index in [4.69, 9.17) is 16.0 Å². The van der Waals surface area contributed by atoms with E-state index in [0.29, 0.717) is 5.92 Å². The van der Waals surface area contributed by atoms with Gasteiger partial charge in [-0.3, -0.25) is 0 Å². The first-order valence-corrected chi connectivity index (χ1v) is 3.35. The molecular formula is C6H6ClNO. The molecular weight excluding hydrogens is 138 g/mol. The minimum Gasteiger partial charge on any atom is -0.436 e. The number of oxazole rings is 1. The maximum Gasteiger partial charge on any atom is 0.292 e. The molecule has 1 aromatic rings. The zero-order chi connectivity index (χ0) is 6.27. The minimum atomic E-state index is 0.261. The lowest BCUT2D eigenvalue weighted by Gasteiger charge is -1.79. The van der Waals surface area contributed by atoms with Crippen molar-refractivity contribution < 1.29 is 4.42 Å². The highest BCUT2D eigenvalue weighted by atomic mass is 35.5. The van der Waals surface area contributed by atoms with Gasteiger partial charge in [0.05, 0.1) is 5.69 Å². The number of hydrogen-bond acceptors (Lipinski definition) is 2. The van der Waals surface area contributed by atoms with Crippen LogP contribution in [-0.2, 0) is 0 Å². The molecule has 0 atom stereocenters. The molecule has 1 heterocycles. The summed E-state index contributed by atoms with van der Waals surface area (Å²) in [5.74, 6) is 0.640. The highest BCUT2D eigenvalue weighted by Crippen LogP contribution is 2.39. The lowest BCUT2D eigenvalue weighted by Crippen LogP contribution is -1.74. The molecule has 0 saturated heterocycles. The molecule has 0 N–H and O–H groups in total. The van der Waals surface area contributed by atoms with Gasteiger partial charge in [-0.25, -0.2) is 4.98 Å². The quantitative estimate of drug-likeness (QED) is 0.603. The van der Waals surface area contributed by atoms with Crippen LogP contribution in [0, 0.1) is 0 Å². The fourth-order valence-electron chi connectivity index (χ4n) is 0.830.